The third-order valence-corrected chi connectivity index (χ3v) is 2.37. The maximum absolute atomic E-state index is 10.7. The molecular weight excluding hydrogens is 188 g/mol. The molecule has 3 heteroatoms. The Morgan fingerprint density at radius 2 is 2.00 bits per heavy atom. The molecule has 0 aliphatic heterocycles. The van der Waals surface area contributed by atoms with E-state index in [0.29, 0.717) is 5.57 Å². The molecule has 0 aliphatic rings. The van der Waals surface area contributed by atoms with Gasteiger partial charge in [-0.2, -0.15) is 0 Å². The van der Waals surface area contributed by atoms with Crippen LogP contribution in [0.1, 0.15) is 46.0 Å². The summed E-state index contributed by atoms with van der Waals surface area (Å²) in [6, 6.07) is 0. The molecule has 0 aromatic rings. The van der Waals surface area contributed by atoms with Crippen molar-refractivity contribution in [2.45, 2.75) is 46.0 Å². The Morgan fingerprint density at radius 3 is 2.60 bits per heavy atom. The first-order valence-corrected chi connectivity index (χ1v) is 5.85. The molecule has 0 aliphatic carbocycles. The minimum absolute atomic E-state index is 0.321. The van der Waals surface area contributed by atoms with Gasteiger partial charge in [0, 0.05) is 5.57 Å². The SMILES string of the molecule is CCCCCCNCCC=C(C)C(N)=O. The molecule has 0 saturated heterocycles. The van der Waals surface area contributed by atoms with E-state index in [1.54, 1.807) is 6.92 Å². The number of rotatable bonds is 9. The Balaban J connectivity index is 3.25. The Labute approximate surface area is 93.1 Å². The highest BCUT2D eigenvalue weighted by atomic mass is 16.1. The summed E-state index contributed by atoms with van der Waals surface area (Å²) >= 11 is 0. The van der Waals surface area contributed by atoms with Gasteiger partial charge in [-0.05, 0) is 32.9 Å². The van der Waals surface area contributed by atoms with Crippen LogP contribution in [0.2, 0.25) is 0 Å². The fourth-order valence-corrected chi connectivity index (χ4v) is 1.29. The van der Waals surface area contributed by atoms with Crippen LogP contribution in [0.4, 0.5) is 0 Å². The molecule has 0 bridgehead atoms. The molecule has 0 unspecified atom stereocenters. The van der Waals surface area contributed by atoms with Crippen molar-refractivity contribution in [3.8, 4) is 0 Å². The number of primary amides is 1. The maximum atomic E-state index is 10.7. The Morgan fingerprint density at radius 1 is 1.27 bits per heavy atom. The monoisotopic (exact) mass is 212 g/mol. The third kappa shape index (κ3) is 9.47. The number of nitrogens with one attached hydrogen (secondary N) is 1. The number of carbonyl (C=O) groups is 1. The van der Waals surface area contributed by atoms with Crippen molar-refractivity contribution in [2.24, 2.45) is 5.73 Å². The van der Waals surface area contributed by atoms with Crippen molar-refractivity contribution in [1.29, 1.82) is 0 Å². The molecule has 0 aromatic carbocycles. The molecule has 0 saturated carbocycles. The summed E-state index contributed by atoms with van der Waals surface area (Å²) in [5, 5.41) is 3.34. The molecule has 88 valence electrons. The van der Waals surface area contributed by atoms with Gasteiger partial charge in [0.15, 0.2) is 0 Å². The number of unbranched alkanes of at least 4 members (excludes halogenated alkanes) is 3. The highest BCUT2D eigenvalue weighted by molar-refractivity contribution is 5.91. The largest absolute Gasteiger partial charge is 0.366 e. The molecule has 0 fully saturated rings. The topological polar surface area (TPSA) is 55.1 Å². The van der Waals surface area contributed by atoms with Crippen molar-refractivity contribution in [2.75, 3.05) is 13.1 Å². The summed E-state index contributed by atoms with van der Waals surface area (Å²) in [4.78, 5) is 10.7. The lowest BCUT2D eigenvalue weighted by Gasteiger charge is -2.02. The van der Waals surface area contributed by atoms with E-state index in [1.807, 2.05) is 6.08 Å². The average Bonchev–Trinajstić information content (AvgIpc) is 2.21. The second-order valence-corrected chi connectivity index (χ2v) is 3.85. The zero-order valence-corrected chi connectivity index (χ0v) is 10.0. The van der Waals surface area contributed by atoms with Crippen LogP contribution in [0.25, 0.3) is 0 Å². The highest BCUT2D eigenvalue weighted by Gasteiger charge is 1.94. The number of nitrogens with two attached hydrogens (primary N) is 1. The summed E-state index contributed by atoms with van der Waals surface area (Å²) in [7, 11) is 0. The lowest BCUT2D eigenvalue weighted by Crippen LogP contribution is -2.17. The van der Waals surface area contributed by atoms with E-state index in [2.05, 4.69) is 12.2 Å². The van der Waals surface area contributed by atoms with Crippen molar-refractivity contribution < 1.29 is 4.79 Å². The molecule has 0 heterocycles. The van der Waals surface area contributed by atoms with Gasteiger partial charge in [-0.1, -0.05) is 32.3 Å². The molecule has 0 atom stereocenters. The highest BCUT2D eigenvalue weighted by Crippen LogP contribution is 1.97. The maximum Gasteiger partial charge on any atom is 0.244 e. The summed E-state index contributed by atoms with van der Waals surface area (Å²) in [6.45, 7) is 5.97. The van der Waals surface area contributed by atoms with E-state index in [-0.39, 0.29) is 5.91 Å². The van der Waals surface area contributed by atoms with E-state index >= 15 is 0 Å². The van der Waals surface area contributed by atoms with Crippen LogP contribution in [-0.2, 0) is 4.79 Å². The fourth-order valence-electron chi connectivity index (χ4n) is 1.29. The van der Waals surface area contributed by atoms with Crippen LogP contribution in [0.3, 0.4) is 0 Å². The third-order valence-electron chi connectivity index (χ3n) is 2.37. The predicted molar refractivity (Wildman–Crippen MR) is 64.6 cm³/mol. The standard InChI is InChI=1S/C12H24N2O/c1-3-4-5-6-9-14-10-7-8-11(2)12(13)15/h8,14H,3-7,9-10H2,1-2H3,(H2,13,15). The first kappa shape index (κ1) is 14.2. The van der Waals surface area contributed by atoms with Gasteiger partial charge in [0.05, 0.1) is 0 Å². The van der Waals surface area contributed by atoms with Crippen LogP contribution >= 0.6 is 0 Å². The van der Waals surface area contributed by atoms with Crippen molar-refractivity contribution >= 4 is 5.91 Å². The van der Waals surface area contributed by atoms with E-state index in [4.69, 9.17) is 5.73 Å². The van der Waals surface area contributed by atoms with Gasteiger partial charge in [-0.15, -0.1) is 0 Å². The van der Waals surface area contributed by atoms with E-state index in [0.717, 1.165) is 19.5 Å². The number of hydrogen-bond donors (Lipinski definition) is 2. The van der Waals surface area contributed by atoms with Gasteiger partial charge >= 0.3 is 0 Å². The lowest BCUT2D eigenvalue weighted by molar-refractivity contribution is -0.114. The second-order valence-electron chi connectivity index (χ2n) is 3.85. The van der Waals surface area contributed by atoms with E-state index in [9.17, 15) is 4.79 Å². The Kier molecular flexibility index (Phi) is 9.18. The summed E-state index contributed by atoms with van der Waals surface area (Å²) in [6.07, 6.45) is 7.92. The van der Waals surface area contributed by atoms with Crippen LogP contribution in [0.5, 0.6) is 0 Å². The number of amides is 1. The minimum Gasteiger partial charge on any atom is -0.366 e. The van der Waals surface area contributed by atoms with Crippen LogP contribution in [0, 0.1) is 0 Å². The van der Waals surface area contributed by atoms with Crippen LogP contribution in [-0.4, -0.2) is 19.0 Å². The summed E-state index contributed by atoms with van der Waals surface area (Å²) < 4.78 is 0. The van der Waals surface area contributed by atoms with Gasteiger partial charge in [0.1, 0.15) is 0 Å². The van der Waals surface area contributed by atoms with Gasteiger partial charge in [0.25, 0.3) is 0 Å². The van der Waals surface area contributed by atoms with Crippen molar-refractivity contribution in [3.05, 3.63) is 11.6 Å². The first-order valence-electron chi connectivity index (χ1n) is 5.85. The molecule has 3 nitrogen and oxygen atoms in total. The number of carbonyl (C=O) groups excluding carboxylic acids is 1. The molecule has 1 amide bonds. The molecule has 0 rings (SSSR count). The lowest BCUT2D eigenvalue weighted by atomic mass is 10.2. The fraction of sp³-hybridized carbons (Fsp3) is 0.750. The molecule has 3 N–H and O–H groups in total. The summed E-state index contributed by atoms with van der Waals surface area (Å²) in [5.41, 5.74) is 5.76. The van der Waals surface area contributed by atoms with Crippen LogP contribution in [0.15, 0.2) is 11.6 Å². The van der Waals surface area contributed by atoms with E-state index in [1.165, 1.54) is 25.7 Å². The zero-order valence-electron chi connectivity index (χ0n) is 10.0. The quantitative estimate of drug-likeness (QED) is 0.453. The van der Waals surface area contributed by atoms with Gasteiger partial charge in [0.2, 0.25) is 5.91 Å². The zero-order chi connectivity index (χ0) is 11.5. The molecule has 15 heavy (non-hydrogen) atoms. The minimum atomic E-state index is -0.321. The molecule has 0 spiro atoms. The van der Waals surface area contributed by atoms with Gasteiger partial charge in [-0.25, -0.2) is 0 Å². The Bertz CT molecular complexity index is 200. The average molecular weight is 212 g/mol. The van der Waals surface area contributed by atoms with Gasteiger partial charge in [-0.3, -0.25) is 4.79 Å². The van der Waals surface area contributed by atoms with Gasteiger partial charge < -0.3 is 11.1 Å². The van der Waals surface area contributed by atoms with Crippen molar-refractivity contribution in [3.63, 3.8) is 0 Å². The molecular formula is C12H24N2O. The molecule has 0 radical (unpaired) electrons. The summed E-state index contributed by atoms with van der Waals surface area (Å²) in [5.74, 6) is -0.321. The van der Waals surface area contributed by atoms with E-state index < -0.39 is 0 Å². The number of hydrogen-bond acceptors (Lipinski definition) is 2. The van der Waals surface area contributed by atoms with Crippen LogP contribution < -0.4 is 11.1 Å². The smallest absolute Gasteiger partial charge is 0.244 e. The Hall–Kier alpha value is -0.830. The first-order chi connectivity index (χ1) is 7.18. The second kappa shape index (κ2) is 9.71. The van der Waals surface area contributed by atoms with Crippen molar-refractivity contribution in [1.82, 2.24) is 5.32 Å². The molecule has 0 aromatic heterocycles. The predicted octanol–water partition coefficient (Wildman–Crippen LogP) is 1.98. The normalized spacial score (nSPS) is 11.7.